The lowest BCUT2D eigenvalue weighted by molar-refractivity contribution is -0.763. The monoisotopic (exact) mass is 560 g/mol. The summed E-state index contributed by atoms with van der Waals surface area (Å²) in [6, 6.07) is 6.09. The molecule has 0 radical (unpaired) electrons. The molecule has 1 amide bonds. The van der Waals surface area contributed by atoms with Gasteiger partial charge in [-0.15, -0.1) is 10.1 Å². The van der Waals surface area contributed by atoms with Gasteiger partial charge in [0.15, 0.2) is 0 Å². The molecule has 0 atom stereocenters. The molecule has 0 saturated heterocycles. The fraction of sp³-hybridized carbons (Fsp3) is 0.645. The van der Waals surface area contributed by atoms with Crippen LogP contribution in [0.5, 0.6) is 5.75 Å². The molecule has 224 valence electrons. The van der Waals surface area contributed by atoms with Gasteiger partial charge in [-0.1, -0.05) is 82.6 Å². The van der Waals surface area contributed by atoms with Crippen molar-refractivity contribution in [1.29, 1.82) is 0 Å². The van der Waals surface area contributed by atoms with Crippen molar-refractivity contribution in [2.24, 2.45) is 5.92 Å². The number of carbonyl (C=O) groups is 3. The third kappa shape index (κ3) is 18.9. The van der Waals surface area contributed by atoms with Gasteiger partial charge in [0.1, 0.15) is 24.7 Å². The van der Waals surface area contributed by atoms with E-state index in [2.05, 4.69) is 17.1 Å². The van der Waals surface area contributed by atoms with Crippen LogP contribution in [0, 0.1) is 16.0 Å². The summed E-state index contributed by atoms with van der Waals surface area (Å²) in [4.78, 5) is 49.1. The molecule has 1 aliphatic rings. The SMILES string of the molecule is C/C=C\CCCC(=O)NCC(=O)Oc1ccc(CO[N+](=O)[O-])cc1.CCCCCCCC(=O)CCC1CCCC1. The number of hydrogen-bond donors (Lipinski definition) is 1. The highest BCUT2D eigenvalue weighted by Crippen LogP contribution is 2.28. The standard InChI is InChI=1S/C16H20N2O6.C15H28O/c1-2-3-4-5-6-15(19)17-11-16(20)24-14-9-7-13(8-10-14)12-23-18(21)22;1-2-3-4-5-6-11-15(16)13-12-14-9-7-8-10-14/h2-3,7-10H,4-6,11-12H2,1H3,(H,17,19);14H,2-13H2,1H3/b3-2-;. The molecule has 0 unspecified atom stereocenters. The molecule has 2 rings (SSSR count). The van der Waals surface area contributed by atoms with Crippen LogP contribution in [0.25, 0.3) is 0 Å². The molecule has 1 fully saturated rings. The Labute approximate surface area is 239 Å². The topological polar surface area (TPSA) is 125 Å². The fourth-order valence-electron chi connectivity index (χ4n) is 4.47. The molecule has 1 aromatic rings. The largest absolute Gasteiger partial charge is 0.425 e. The third-order valence-electron chi connectivity index (χ3n) is 6.80. The Morgan fingerprint density at radius 1 is 1.00 bits per heavy atom. The number of carbonyl (C=O) groups excluding carboxylic acids is 3. The second kappa shape index (κ2) is 22.6. The summed E-state index contributed by atoms with van der Waals surface area (Å²) >= 11 is 0. The number of Topliss-reactive ketones (excluding diaryl/α,β-unsaturated/α-hetero) is 1. The Balaban J connectivity index is 0.000000433. The maximum atomic E-state index is 11.6. The Kier molecular flexibility index (Phi) is 19.6. The van der Waals surface area contributed by atoms with Gasteiger partial charge < -0.3 is 14.9 Å². The molecule has 1 aromatic carbocycles. The van der Waals surface area contributed by atoms with E-state index in [1.807, 2.05) is 19.1 Å². The Morgan fingerprint density at radius 2 is 1.70 bits per heavy atom. The van der Waals surface area contributed by atoms with Gasteiger partial charge in [-0.3, -0.25) is 9.59 Å². The van der Waals surface area contributed by atoms with E-state index in [0.717, 1.165) is 38.0 Å². The number of rotatable bonds is 19. The Morgan fingerprint density at radius 3 is 2.35 bits per heavy atom. The van der Waals surface area contributed by atoms with Crippen LogP contribution in [0.15, 0.2) is 36.4 Å². The highest BCUT2D eigenvalue weighted by molar-refractivity contribution is 5.82. The van der Waals surface area contributed by atoms with Crippen molar-refractivity contribution in [3.8, 4) is 5.75 Å². The Hall–Kier alpha value is -3.23. The van der Waals surface area contributed by atoms with E-state index in [1.165, 1.54) is 69.9 Å². The van der Waals surface area contributed by atoms with Crippen LogP contribution < -0.4 is 10.1 Å². The van der Waals surface area contributed by atoms with Crippen molar-refractivity contribution < 1.29 is 29.0 Å². The van der Waals surface area contributed by atoms with E-state index in [4.69, 9.17) is 4.74 Å². The van der Waals surface area contributed by atoms with Crippen LogP contribution in [0.2, 0.25) is 0 Å². The number of nitrogens with one attached hydrogen (secondary N) is 1. The lowest BCUT2D eigenvalue weighted by Gasteiger charge is -2.07. The number of amides is 1. The average molecular weight is 561 g/mol. The zero-order valence-electron chi connectivity index (χ0n) is 24.4. The quantitative estimate of drug-likeness (QED) is 0.0480. The van der Waals surface area contributed by atoms with E-state index in [9.17, 15) is 24.5 Å². The molecule has 0 heterocycles. The maximum Gasteiger partial charge on any atom is 0.330 e. The molecule has 0 aliphatic heterocycles. The normalized spacial score (nSPS) is 12.9. The Bertz CT molecular complexity index is 893. The van der Waals surface area contributed by atoms with Crippen LogP contribution in [0.4, 0.5) is 0 Å². The molecule has 1 aliphatic carbocycles. The number of allylic oxidation sites excluding steroid dienone is 2. The first kappa shape index (κ1) is 34.8. The van der Waals surface area contributed by atoms with Gasteiger partial charge in [-0.05, 0) is 56.2 Å². The van der Waals surface area contributed by atoms with Crippen molar-refractivity contribution in [3.63, 3.8) is 0 Å². The molecule has 40 heavy (non-hydrogen) atoms. The maximum absolute atomic E-state index is 11.6. The lowest BCUT2D eigenvalue weighted by atomic mass is 9.98. The van der Waals surface area contributed by atoms with Gasteiger partial charge in [0.05, 0.1) is 0 Å². The van der Waals surface area contributed by atoms with E-state index in [1.54, 1.807) is 12.1 Å². The third-order valence-corrected chi connectivity index (χ3v) is 6.80. The van der Waals surface area contributed by atoms with Crippen molar-refractivity contribution >= 4 is 17.7 Å². The van der Waals surface area contributed by atoms with Crippen LogP contribution >= 0.6 is 0 Å². The smallest absolute Gasteiger partial charge is 0.330 e. The minimum Gasteiger partial charge on any atom is -0.425 e. The number of hydrogen-bond acceptors (Lipinski definition) is 7. The first-order valence-electron chi connectivity index (χ1n) is 14.8. The molecule has 0 bridgehead atoms. The summed E-state index contributed by atoms with van der Waals surface area (Å²) in [5.41, 5.74) is 0.570. The summed E-state index contributed by atoms with van der Waals surface area (Å²) in [5, 5.41) is 11.7. The highest BCUT2D eigenvalue weighted by Gasteiger charge is 2.15. The number of esters is 1. The average Bonchev–Trinajstić information content (AvgIpc) is 3.47. The number of unbranched alkanes of at least 4 members (excludes halogenated alkanes) is 5. The van der Waals surface area contributed by atoms with Crippen LogP contribution in [0.3, 0.4) is 0 Å². The zero-order chi connectivity index (χ0) is 29.4. The fourth-order valence-corrected chi connectivity index (χ4v) is 4.47. The van der Waals surface area contributed by atoms with E-state index in [-0.39, 0.29) is 24.8 Å². The summed E-state index contributed by atoms with van der Waals surface area (Å²) in [5.74, 6) is 0.884. The first-order valence-corrected chi connectivity index (χ1v) is 14.8. The molecular formula is C31H48N2O7. The second-order valence-corrected chi connectivity index (χ2v) is 10.2. The molecule has 9 heteroatoms. The van der Waals surface area contributed by atoms with Crippen molar-refractivity contribution in [1.82, 2.24) is 5.32 Å². The summed E-state index contributed by atoms with van der Waals surface area (Å²) in [7, 11) is 0. The number of ether oxygens (including phenoxy) is 1. The summed E-state index contributed by atoms with van der Waals surface area (Å²) < 4.78 is 5.05. The van der Waals surface area contributed by atoms with Gasteiger partial charge in [0, 0.05) is 19.3 Å². The van der Waals surface area contributed by atoms with Gasteiger partial charge >= 0.3 is 5.97 Å². The summed E-state index contributed by atoms with van der Waals surface area (Å²) in [6.07, 6.45) is 20.5. The van der Waals surface area contributed by atoms with E-state index < -0.39 is 11.1 Å². The first-order chi connectivity index (χ1) is 19.3. The molecular weight excluding hydrogens is 512 g/mol. The summed E-state index contributed by atoms with van der Waals surface area (Å²) in [6.45, 7) is 3.75. The van der Waals surface area contributed by atoms with E-state index in [0.29, 0.717) is 17.8 Å². The van der Waals surface area contributed by atoms with Crippen molar-refractivity contribution in [2.75, 3.05) is 6.54 Å². The highest BCUT2D eigenvalue weighted by atomic mass is 16.9. The van der Waals surface area contributed by atoms with Gasteiger partial charge in [-0.25, -0.2) is 4.79 Å². The number of nitrogens with zero attached hydrogens (tertiary/aromatic N) is 1. The van der Waals surface area contributed by atoms with E-state index >= 15 is 0 Å². The van der Waals surface area contributed by atoms with Gasteiger partial charge in [0.2, 0.25) is 5.91 Å². The van der Waals surface area contributed by atoms with Crippen molar-refractivity contribution in [3.05, 3.63) is 52.1 Å². The zero-order valence-corrected chi connectivity index (χ0v) is 24.4. The van der Waals surface area contributed by atoms with Crippen LogP contribution in [-0.2, 0) is 25.8 Å². The van der Waals surface area contributed by atoms with Gasteiger partial charge in [-0.2, -0.15) is 0 Å². The van der Waals surface area contributed by atoms with Crippen LogP contribution in [0.1, 0.15) is 116 Å². The van der Waals surface area contributed by atoms with Gasteiger partial charge in [0.25, 0.3) is 5.09 Å². The molecule has 1 saturated carbocycles. The minimum absolute atomic E-state index is 0.176. The molecule has 0 aromatic heterocycles. The van der Waals surface area contributed by atoms with Crippen molar-refractivity contribution in [2.45, 2.75) is 117 Å². The minimum atomic E-state index is -0.880. The predicted molar refractivity (Wildman–Crippen MR) is 155 cm³/mol. The molecule has 0 spiro atoms. The lowest BCUT2D eigenvalue weighted by Crippen LogP contribution is -2.31. The number of benzene rings is 1. The predicted octanol–water partition coefficient (Wildman–Crippen LogP) is 7.05. The molecule has 1 N–H and O–H groups in total. The second-order valence-electron chi connectivity index (χ2n) is 10.2. The molecule has 9 nitrogen and oxygen atoms in total. The van der Waals surface area contributed by atoms with Crippen LogP contribution in [-0.4, -0.2) is 29.3 Å². The number of ketones is 1.